The Morgan fingerprint density at radius 3 is 1.83 bits per heavy atom. The number of methoxy groups -OCH3 is 2. The van der Waals surface area contributed by atoms with Crippen LogP contribution >= 0.6 is 0 Å². The molecule has 1 aliphatic heterocycles. The topological polar surface area (TPSA) is 76.1 Å². The van der Waals surface area contributed by atoms with E-state index in [0.29, 0.717) is 13.1 Å². The molecule has 0 aromatic carbocycles. The molecule has 0 bridgehead atoms. The molecule has 2 amide bonds. The van der Waals surface area contributed by atoms with Gasteiger partial charge in [0.1, 0.15) is 13.1 Å². The predicted molar refractivity (Wildman–Crippen MR) is 61.8 cm³/mol. The summed E-state index contributed by atoms with van der Waals surface area (Å²) in [6, 6.07) is -0.330. The standard InChI is InChI=1S/C11H18N2O5/c1-17-9(14)7-13(8-10(15)18-2)11(16)12-5-3-4-6-12/h3-8H2,1-2H3. The van der Waals surface area contributed by atoms with Gasteiger partial charge in [-0.1, -0.05) is 0 Å². The monoisotopic (exact) mass is 258 g/mol. The van der Waals surface area contributed by atoms with Gasteiger partial charge in [-0.25, -0.2) is 4.79 Å². The SMILES string of the molecule is COC(=O)CN(CC(=O)OC)C(=O)N1CCCC1. The molecule has 0 unspecified atom stereocenters. The molecule has 1 heterocycles. The normalized spacial score (nSPS) is 14.2. The number of hydrogen-bond acceptors (Lipinski definition) is 5. The number of rotatable bonds is 4. The Kier molecular flexibility index (Phi) is 5.41. The highest BCUT2D eigenvalue weighted by Crippen LogP contribution is 2.10. The molecule has 7 heteroatoms. The summed E-state index contributed by atoms with van der Waals surface area (Å²) in [7, 11) is 2.47. The molecular formula is C11H18N2O5. The Morgan fingerprint density at radius 2 is 1.44 bits per heavy atom. The summed E-state index contributed by atoms with van der Waals surface area (Å²) in [5.41, 5.74) is 0. The van der Waals surface area contributed by atoms with Crippen LogP contribution in [0.15, 0.2) is 0 Å². The van der Waals surface area contributed by atoms with Gasteiger partial charge in [-0.2, -0.15) is 0 Å². The third kappa shape index (κ3) is 3.90. The van der Waals surface area contributed by atoms with E-state index >= 15 is 0 Å². The summed E-state index contributed by atoms with van der Waals surface area (Å²) in [4.78, 5) is 37.3. The maximum Gasteiger partial charge on any atom is 0.325 e. The number of amides is 2. The molecule has 0 N–H and O–H groups in total. The number of likely N-dealkylation sites (tertiary alicyclic amines) is 1. The van der Waals surface area contributed by atoms with Crippen LogP contribution in [-0.2, 0) is 19.1 Å². The van der Waals surface area contributed by atoms with Crippen molar-refractivity contribution in [3.63, 3.8) is 0 Å². The highest BCUT2D eigenvalue weighted by atomic mass is 16.5. The second-order valence-electron chi connectivity index (χ2n) is 3.99. The van der Waals surface area contributed by atoms with Crippen LogP contribution in [0.4, 0.5) is 4.79 Å². The summed E-state index contributed by atoms with van der Waals surface area (Å²) in [6.07, 6.45) is 1.88. The van der Waals surface area contributed by atoms with Gasteiger partial charge in [0.05, 0.1) is 14.2 Å². The third-order valence-electron chi connectivity index (χ3n) is 2.74. The molecule has 0 aromatic rings. The molecule has 18 heavy (non-hydrogen) atoms. The maximum atomic E-state index is 12.1. The summed E-state index contributed by atoms with van der Waals surface area (Å²) in [5, 5.41) is 0. The molecule has 7 nitrogen and oxygen atoms in total. The Balaban J connectivity index is 2.65. The van der Waals surface area contributed by atoms with E-state index in [-0.39, 0.29) is 19.1 Å². The molecule has 102 valence electrons. The molecule has 0 saturated carbocycles. The zero-order chi connectivity index (χ0) is 13.5. The number of hydrogen-bond donors (Lipinski definition) is 0. The minimum Gasteiger partial charge on any atom is -0.468 e. The maximum absolute atomic E-state index is 12.1. The van der Waals surface area contributed by atoms with E-state index in [1.807, 2.05) is 0 Å². The fraction of sp³-hybridized carbons (Fsp3) is 0.727. The van der Waals surface area contributed by atoms with E-state index in [0.717, 1.165) is 17.7 Å². The lowest BCUT2D eigenvalue weighted by atomic mass is 10.4. The van der Waals surface area contributed by atoms with Gasteiger partial charge in [0, 0.05) is 13.1 Å². The van der Waals surface area contributed by atoms with Gasteiger partial charge < -0.3 is 19.3 Å². The van der Waals surface area contributed by atoms with Crippen molar-refractivity contribution in [1.82, 2.24) is 9.80 Å². The molecule has 1 aliphatic rings. The van der Waals surface area contributed by atoms with Crippen molar-refractivity contribution in [3.8, 4) is 0 Å². The van der Waals surface area contributed by atoms with Crippen LogP contribution < -0.4 is 0 Å². The highest BCUT2D eigenvalue weighted by Gasteiger charge is 2.27. The Morgan fingerprint density at radius 1 is 1.00 bits per heavy atom. The van der Waals surface area contributed by atoms with Gasteiger partial charge in [-0.05, 0) is 12.8 Å². The van der Waals surface area contributed by atoms with Gasteiger partial charge in [0.25, 0.3) is 0 Å². The number of urea groups is 1. The second-order valence-corrected chi connectivity index (χ2v) is 3.99. The van der Waals surface area contributed by atoms with Crippen molar-refractivity contribution in [2.24, 2.45) is 0 Å². The molecule has 0 radical (unpaired) electrons. The van der Waals surface area contributed by atoms with Gasteiger partial charge in [-0.15, -0.1) is 0 Å². The number of carbonyl (C=O) groups excluding carboxylic acids is 3. The summed E-state index contributed by atoms with van der Waals surface area (Å²) in [5.74, 6) is -1.13. The lowest BCUT2D eigenvalue weighted by molar-refractivity contribution is -0.144. The van der Waals surface area contributed by atoms with E-state index in [4.69, 9.17) is 0 Å². The lowest BCUT2D eigenvalue weighted by Crippen LogP contribution is -2.46. The zero-order valence-electron chi connectivity index (χ0n) is 10.7. The van der Waals surface area contributed by atoms with E-state index in [1.54, 1.807) is 4.90 Å². The molecule has 1 fully saturated rings. The molecule has 0 aromatic heterocycles. The minimum absolute atomic E-state index is 0.249. The van der Waals surface area contributed by atoms with Gasteiger partial charge >= 0.3 is 18.0 Å². The fourth-order valence-corrected chi connectivity index (χ4v) is 1.74. The predicted octanol–water partition coefficient (Wildman–Crippen LogP) is -0.150. The number of ether oxygens (including phenoxy) is 2. The molecule has 0 spiro atoms. The van der Waals surface area contributed by atoms with E-state index < -0.39 is 11.9 Å². The van der Waals surface area contributed by atoms with Crippen molar-refractivity contribution in [2.75, 3.05) is 40.4 Å². The van der Waals surface area contributed by atoms with Crippen LogP contribution in [0, 0.1) is 0 Å². The minimum atomic E-state index is -0.563. The summed E-state index contributed by atoms with van der Waals surface area (Å²) in [6.45, 7) is 0.803. The molecule has 0 atom stereocenters. The second kappa shape index (κ2) is 6.83. The number of carbonyl (C=O) groups is 3. The average molecular weight is 258 g/mol. The van der Waals surface area contributed by atoms with Gasteiger partial charge in [0.2, 0.25) is 0 Å². The first-order chi connectivity index (χ1) is 8.58. The van der Waals surface area contributed by atoms with Crippen LogP contribution in [0.1, 0.15) is 12.8 Å². The molecule has 1 saturated heterocycles. The number of esters is 2. The van der Waals surface area contributed by atoms with Crippen LogP contribution in [0.3, 0.4) is 0 Å². The summed E-state index contributed by atoms with van der Waals surface area (Å²) >= 11 is 0. The zero-order valence-corrected chi connectivity index (χ0v) is 10.7. The summed E-state index contributed by atoms with van der Waals surface area (Å²) < 4.78 is 9.01. The lowest BCUT2D eigenvalue weighted by Gasteiger charge is -2.25. The van der Waals surface area contributed by atoms with Crippen molar-refractivity contribution in [1.29, 1.82) is 0 Å². The van der Waals surface area contributed by atoms with Crippen molar-refractivity contribution < 1.29 is 23.9 Å². The Hall–Kier alpha value is -1.79. The molecule has 0 aliphatic carbocycles. The van der Waals surface area contributed by atoms with Gasteiger partial charge in [-0.3, -0.25) is 9.59 Å². The molecular weight excluding hydrogens is 240 g/mol. The number of nitrogens with zero attached hydrogens (tertiary/aromatic N) is 2. The smallest absolute Gasteiger partial charge is 0.325 e. The first-order valence-electron chi connectivity index (χ1n) is 5.76. The highest BCUT2D eigenvalue weighted by molar-refractivity contribution is 5.85. The van der Waals surface area contributed by atoms with E-state index in [2.05, 4.69) is 9.47 Å². The fourth-order valence-electron chi connectivity index (χ4n) is 1.74. The Labute approximate surface area is 106 Å². The average Bonchev–Trinajstić information content (AvgIpc) is 2.90. The molecule has 1 rings (SSSR count). The van der Waals surface area contributed by atoms with Crippen molar-refractivity contribution >= 4 is 18.0 Å². The Bertz CT molecular complexity index is 307. The van der Waals surface area contributed by atoms with Crippen LogP contribution in [-0.4, -0.2) is 68.2 Å². The van der Waals surface area contributed by atoms with Crippen molar-refractivity contribution in [2.45, 2.75) is 12.8 Å². The quantitative estimate of drug-likeness (QED) is 0.655. The van der Waals surface area contributed by atoms with Crippen LogP contribution in [0.5, 0.6) is 0 Å². The van der Waals surface area contributed by atoms with E-state index in [9.17, 15) is 14.4 Å². The first kappa shape index (κ1) is 14.3. The van der Waals surface area contributed by atoms with E-state index in [1.165, 1.54) is 14.2 Å². The van der Waals surface area contributed by atoms with Crippen LogP contribution in [0.25, 0.3) is 0 Å². The van der Waals surface area contributed by atoms with Crippen LogP contribution in [0.2, 0.25) is 0 Å². The third-order valence-corrected chi connectivity index (χ3v) is 2.74. The largest absolute Gasteiger partial charge is 0.468 e. The van der Waals surface area contributed by atoms with Gasteiger partial charge in [0.15, 0.2) is 0 Å². The van der Waals surface area contributed by atoms with Crippen molar-refractivity contribution in [3.05, 3.63) is 0 Å². The first-order valence-corrected chi connectivity index (χ1v) is 5.76.